The summed E-state index contributed by atoms with van der Waals surface area (Å²) < 4.78 is 26.2. The Hall–Kier alpha value is -1.13. The molecule has 0 fully saturated rings. The second-order valence-corrected chi connectivity index (χ2v) is 12.2. The van der Waals surface area contributed by atoms with Crippen molar-refractivity contribution in [1.82, 2.24) is 4.72 Å². The first kappa shape index (κ1) is 16.9. The first-order chi connectivity index (χ1) is 9.10. The number of nitrogens with one attached hydrogen (secondary N) is 1. The number of hydrogen-bond donors (Lipinski definition) is 2. The summed E-state index contributed by atoms with van der Waals surface area (Å²) in [4.78, 5) is 0.178. The molecule has 6 heteroatoms. The van der Waals surface area contributed by atoms with Gasteiger partial charge in [-0.25, -0.2) is 13.1 Å². The highest BCUT2D eigenvalue weighted by molar-refractivity contribution is 7.89. The molecule has 1 rings (SSSR count). The van der Waals surface area contributed by atoms with Gasteiger partial charge in [-0.1, -0.05) is 25.6 Å². The lowest BCUT2D eigenvalue weighted by molar-refractivity contribution is 0.198. The average molecular weight is 311 g/mol. The van der Waals surface area contributed by atoms with Crippen molar-refractivity contribution in [3.8, 4) is 11.5 Å². The minimum Gasteiger partial charge on any atom is -0.392 e. The molecule has 0 aliphatic rings. The van der Waals surface area contributed by atoms with E-state index in [1.165, 1.54) is 19.1 Å². The van der Waals surface area contributed by atoms with Crippen molar-refractivity contribution in [3.05, 3.63) is 29.8 Å². The van der Waals surface area contributed by atoms with E-state index < -0.39 is 24.2 Å². The van der Waals surface area contributed by atoms with Crippen LogP contribution >= 0.6 is 0 Å². The van der Waals surface area contributed by atoms with Gasteiger partial charge >= 0.3 is 0 Å². The topological polar surface area (TPSA) is 66.4 Å². The van der Waals surface area contributed by atoms with Crippen molar-refractivity contribution in [1.29, 1.82) is 0 Å². The highest BCUT2D eigenvalue weighted by Gasteiger charge is 2.14. The lowest BCUT2D eigenvalue weighted by Crippen LogP contribution is -2.30. The summed E-state index contributed by atoms with van der Waals surface area (Å²) in [6, 6.07) is 6.45. The quantitative estimate of drug-likeness (QED) is 0.655. The molecule has 1 atom stereocenters. The van der Waals surface area contributed by atoms with Crippen molar-refractivity contribution in [2.75, 3.05) is 6.54 Å². The van der Waals surface area contributed by atoms with Crippen molar-refractivity contribution < 1.29 is 13.5 Å². The van der Waals surface area contributed by atoms with Gasteiger partial charge in [0.25, 0.3) is 0 Å². The molecule has 4 nitrogen and oxygen atoms in total. The van der Waals surface area contributed by atoms with E-state index in [0.717, 1.165) is 5.56 Å². The van der Waals surface area contributed by atoms with Gasteiger partial charge in [-0.15, -0.1) is 5.54 Å². The van der Waals surface area contributed by atoms with Crippen LogP contribution in [-0.2, 0) is 10.0 Å². The van der Waals surface area contributed by atoms with E-state index in [1.54, 1.807) is 12.1 Å². The van der Waals surface area contributed by atoms with E-state index in [-0.39, 0.29) is 11.4 Å². The molecule has 0 saturated heterocycles. The maximum atomic E-state index is 11.9. The predicted octanol–water partition coefficient (Wildman–Crippen LogP) is 1.57. The fourth-order valence-corrected chi connectivity index (χ4v) is 2.93. The van der Waals surface area contributed by atoms with Crippen LogP contribution in [0.25, 0.3) is 0 Å². The number of hydrogen-bond acceptors (Lipinski definition) is 3. The van der Waals surface area contributed by atoms with Crippen LogP contribution in [0.3, 0.4) is 0 Å². The zero-order valence-electron chi connectivity index (χ0n) is 12.3. The predicted molar refractivity (Wildman–Crippen MR) is 83.5 cm³/mol. The summed E-state index contributed by atoms with van der Waals surface area (Å²) in [5.74, 6) is 3.07. The van der Waals surface area contributed by atoms with Gasteiger partial charge in [-0.2, -0.15) is 0 Å². The Kier molecular flexibility index (Phi) is 5.54. The first-order valence-electron chi connectivity index (χ1n) is 6.41. The highest BCUT2D eigenvalue weighted by Crippen LogP contribution is 2.10. The molecule has 110 valence electrons. The minimum atomic E-state index is -3.56. The van der Waals surface area contributed by atoms with E-state index >= 15 is 0 Å². The van der Waals surface area contributed by atoms with E-state index in [0.29, 0.717) is 0 Å². The number of aliphatic hydroxyl groups is 1. The molecule has 1 aromatic carbocycles. The van der Waals surface area contributed by atoms with E-state index in [4.69, 9.17) is 5.11 Å². The third kappa shape index (κ3) is 5.88. The lowest BCUT2D eigenvalue weighted by atomic mass is 10.2. The van der Waals surface area contributed by atoms with E-state index in [2.05, 4.69) is 35.8 Å². The molecule has 0 spiro atoms. The number of sulfonamides is 1. The van der Waals surface area contributed by atoms with Crippen molar-refractivity contribution >= 4 is 18.1 Å². The summed E-state index contributed by atoms with van der Waals surface area (Å²) in [5, 5.41) is 9.11. The van der Waals surface area contributed by atoms with Gasteiger partial charge in [0.1, 0.15) is 8.07 Å². The van der Waals surface area contributed by atoms with Crippen molar-refractivity contribution in [2.24, 2.45) is 0 Å². The minimum absolute atomic E-state index is 0.000482. The molecule has 2 N–H and O–H groups in total. The molecule has 0 aliphatic carbocycles. The molecule has 0 bridgehead atoms. The third-order valence-electron chi connectivity index (χ3n) is 2.32. The zero-order chi connectivity index (χ0) is 15.4. The van der Waals surface area contributed by atoms with Gasteiger partial charge in [0.05, 0.1) is 11.0 Å². The molecular formula is C14H21NO3SSi. The summed E-state index contributed by atoms with van der Waals surface area (Å²) >= 11 is 0. The fraction of sp³-hybridized carbons (Fsp3) is 0.429. The van der Waals surface area contributed by atoms with Gasteiger partial charge < -0.3 is 5.11 Å². The van der Waals surface area contributed by atoms with Gasteiger partial charge in [-0.05, 0) is 31.2 Å². The molecule has 0 heterocycles. The molecule has 0 amide bonds. The number of aliphatic hydroxyl groups excluding tert-OH is 1. The molecule has 0 saturated carbocycles. The fourth-order valence-electron chi connectivity index (χ4n) is 1.29. The standard InChI is InChI=1S/C14H21NO3SSi/c1-12(16)11-15-19(17,18)14-7-5-13(6-8-14)9-10-20(2,3)4/h5-8,12,15-16H,11H2,1-4H3/t12-/m1/s1. The van der Waals surface area contributed by atoms with Crippen LogP contribution in [0.5, 0.6) is 0 Å². The smallest absolute Gasteiger partial charge is 0.240 e. The number of rotatable bonds is 4. The SMILES string of the molecule is C[C@@H](O)CNS(=O)(=O)c1ccc(C#C[Si](C)(C)C)cc1. The second kappa shape index (κ2) is 6.55. The Morgan fingerprint density at radius 2 is 1.80 bits per heavy atom. The molecule has 0 aromatic heterocycles. The van der Waals surface area contributed by atoms with Crippen molar-refractivity contribution in [3.63, 3.8) is 0 Å². The van der Waals surface area contributed by atoms with Crippen LogP contribution in [0.15, 0.2) is 29.2 Å². The van der Waals surface area contributed by atoms with Crippen LogP contribution in [0.2, 0.25) is 19.6 Å². The second-order valence-electron chi connectivity index (χ2n) is 5.73. The van der Waals surface area contributed by atoms with Crippen LogP contribution in [0.1, 0.15) is 12.5 Å². The van der Waals surface area contributed by atoms with Gasteiger partial charge in [0, 0.05) is 12.1 Å². The largest absolute Gasteiger partial charge is 0.392 e. The molecule has 0 unspecified atom stereocenters. The molecule has 0 radical (unpaired) electrons. The summed E-state index contributed by atoms with van der Waals surface area (Å²) in [6.07, 6.45) is -0.716. The monoisotopic (exact) mass is 311 g/mol. The van der Waals surface area contributed by atoms with Crippen LogP contribution in [-0.4, -0.2) is 34.2 Å². The summed E-state index contributed by atoms with van der Waals surface area (Å²) in [6.45, 7) is 7.98. The average Bonchev–Trinajstić information content (AvgIpc) is 2.34. The maximum absolute atomic E-state index is 11.9. The van der Waals surface area contributed by atoms with E-state index in [9.17, 15) is 8.42 Å². The van der Waals surface area contributed by atoms with Gasteiger partial charge in [-0.3, -0.25) is 0 Å². The highest BCUT2D eigenvalue weighted by atomic mass is 32.2. The van der Waals surface area contributed by atoms with E-state index in [1.807, 2.05) is 0 Å². The molecule has 1 aromatic rings. The van der Waals surface area contributed by atoms with Gasteiger partial charge in [0.2, 0.25) is 10.0 Å². The normalized spacial score (nSPS) is 13.4. The molecule has 0 aliphatic heterocycles. The Labute approximate surface area is 122 Å². The van der Waals surface area contributed by atoms with Crippen LogP contribution in [0.4, 0.5) is 0 Å². The molecule has 20 heavy (non-hydrogen) atoms. The summed E-state index contributed by atoms with van der Waals surface area (Å²) in [5.41, 5.74) is 4.03. The third-order valence-corrected chi connectivity index (χ3v) is 4.63. The lowest BCUT2D eigenvalue weighted by Gasteiger charge is -2.08. The Morgan fingerprint density at radius 1 is 1.25 bits per heavy atom. The molecular weight excluding hydrogens is 290 g/mol. The van der Waals surface area contributed by atoms with Crippen molar-refractivity contribution in [2.45, 2.75) is 37.6 Å². The maximum Gasteiger partial charge on any atom is 0.240 e. The van der Waals surface area contributed by atoms with Gasteiger partial charge in [0.15, 0.2) is 0 Å². The Balaban J connectivity index is 2.88. The number of benzene rings is 1. The Morgan fingerprint density at radius 3 is 2.25 bits per heavy atom. The van der Waals surface area contributed by atoms with Crippen LogP contribution in [0, 0.1) is 11.5 Å². The Bertz CT molecular complexity index is 605. The zero-order valence-corrected chi connectivity index (χ0v) is 14.1. The first-order valence-corrected chi connectivity index (χ1v) is 11.4. The summed E-state index contributed by atoms with van der Waals surface area (Å²) in [7, 11) is -5.00. The van der Waals surface area contributed by atoms with Crippen LogP contribution < -0.4 is 4.72 Å².